The van der Waals surface area contributed by atoms with E-state index in [-0.39, 0.29) is 6.54 Å². The van der Waals surface area contributed by atoms with Gasteiger partial charge >= 0.3 is 5.97 Å². The number of hydrogen-bond donors (Lipinski definition) is 2. The first-order valence-electron chi connectivity index (χ1n) is 4.41. The standard InChI is InChI=1S/C10H11Cl2NO2/c11-8-1-2-9(12)6(4-8)3-7(5-13)10(14)15/h1-2,4,7H,3,5,13H2,(H,14,15)/t7-/m0/s1. The molecule has 0 saturated heterocycles. The van der Waals surface area contributed by atoms with Crippen LogP contribution in [0.25, 0.3) is 0 Å². The summed E-state index contributed by atoms with van der Waals surface area (Å²) in [6.45, 7) is 0.0815. The molecule has 0 aliphatic carbocycles. The van der Waals surface area contributed by atoms with E-state index in [1.54, 1.807) is 18.2 Å². The average molecular weight is 248 g/mol. The third-order valence-electron chi connectivity index (χ3n) is 2.11. The first-order valence-corrected chi connectivity index (χ1v) is 5.17. The molecule has 0 aliphatic heterocycles. The van der Waals surface area contributed by atoms with E-state index < -0.39 is 11.9 Å². The molecular formula is C10H11Cl2NO2. The van der Waals surface area contributed by atoms with Gasteiger partial charge in [0.05, 0.1) is 5.92 Å². The van der Waals surface area contributed by atoms with Crippen molar-refractivity contribution in [3.63, 3.8) is 0 Å². The van der Waals surface area contributed by atoms with Gasteiger partial charge in [0.1, 0.15) is 0 Å². The van der Waals surface area contributed by atoms with Crippen molar-refractivity contribution in [1.29, 1.82) is 0 Å². The van der Waals surface area contributed by atoms with E-state index in [1.807, 2.05) is 0 Å². The molecule has 15 heavy (non-hydrogen) atoms. The van der Waals surface area contributed by atoms with Gasteiger partial charge in [-0.3, -0.25) is 4.79 Å². The molecule has 0 heterocycles. The molecule has 5 heteroatoms. The summed E-state index contributed by atoms with van der Waals surface area (Å²) in [6, 6.07) is 4.97. The van der Waals surface area contributed by atoms with Gasteiger partial charge in [-0.1, -0.05) is 23.2 Å². The number of nitrogens with two attached hydrogens (primary N) is 1. The number of rotatable bonds is 4. The molecule has 3 N–H and O–H groups in total. The third-order valence-corrected chi connectivity index (χ3v) is 2.71. The first kappa shape index (κ1) is 12.3. The Kier molecular flexibility index (Phi) is 4.39. The third kappa shape index (κ3) is 3.38. The molecule has 1 aromatic rings. The number of hydrogen-bond acceptors (Lipinski definition) is 2. The molecule has 1 aromatic carbocycles. The van der Waals surface area contributed by atoms with Gasteiger partial charge in [-0.2, -0.15) is 0 Å². The molecule has 0 aliphatic rings. The topological polar surface area (TPSA) is 63.3 Å². The summed E-state index contributed by atoms with van der Waals surface area (Å²) >= 11 is 11.7. The van der Waals surface area contributed by atoms with E-state index in [4.69, 9.17) is 34.0 Å². The van der Waals surface area contributed by atoms with Gasteiger partial charge in [0, 0.05) is 16.6 Å². The zero-order valence-corrected chi connectivity index (χ0v) is 9.42. The molecule has 0 spiro atoms. The summed E-state index contributed by atoms with van der Waals surface area (Å²) in [5, 5.41) is 9.89. The second-order valence-corrected chi connectivity index (χ2v) is 4.05. The Morgan fingerprint density at radius 1 is 1.47 bits per heavy atom. The lowest BCUT2D eigenvalue weighted by atomic mass is 10.00. The van der Waals surface area contributed by atoms with Crippen molar-refractivity contribution >= 4 is 29.2 Å². The molecule has 0 radical (unpaired) electrons. The largest absolute Gasteiger partial charge is 0.481 e. The van der Waals surface area contributed by atoms with E-state index in [0.29, 0.717) is 22.0 Å². The van der Waals surface area contributed by atoms with Crippen molar-refractivity contribution < 1.29 is 9.90 Å². The van der Waals surface area contributed by atoms with E-state index in [2.05, 4.69) is 0 Å². The fourth-order valence-corrected chi connectivity index (χ4v) is 1.63. The molecule has 0 amide bonds. The predicted octanol–water partition coefficient (Wildman–Crippen LogP) is 2.20. The van der Waals surface area contributed by atoms with E-state index in [1.165, 1.54) is 0 Å². The van der Waals surface area contributed by atoms with Crippen LogP contribution >= 0.6 is 23.2 Å². The van der Waals surface area contributed by atoms with Crippen LogP contribution < -0.4 is 5.73 Å². The Labute approximate surface area is 97.8 Å². The smallest absolute Gasteiger partial charge is 0.308 e. The van der Waals surface area contributed by atoms with Crippen LogP contribution in [0, 0.1) is 5.92 Å². The van der Waals surface area contributed by atoms with Crippen LogP contribution in [0.4, 0.5) is 0 Å². The van der Waals surface area contributed by atoms with E-state index in [9.17, 15) is 4.79 Å². The molecule has 82 valence electrons. The van der Waals surface area contributed by atoms with Crippen LogP contribution in [-0.4, -0.2) is 17.6 Å². The lowest BCUT2D eigenvalue weighted by molar-refractivity contribution is -0.141. The Morgan fingerprint density at radius 2 is 2.13 bits per heavy atom. The summed E-state index contributed by atoms with van der Waals surface area (Å²) in [6.07, 6.45) is 0.297. The van der Waals surface area contributed by atoms with Crippen molar-refractivity contribution in [3.05, 3.63) is 33.8 Å². The minimum absolute atomic E-state index is 0.0815. The molecule has 0 fully saturated rings. The number of carboxylic acids is 1. The second-order valence-electron chi connectivity index (χ2n) is 3.21. The summed E-state index contributed by atoms with van der Waals surface area (Å²) in [5.74, 6) is -1.55. The fourth-order valence-electron chi connectivity index (χ4n) is 1.24. The molecular weight excluding hydrogens is 237 g/mol. The SMILES string of the molecule is NC[C@H](Cc1cc(Cl)ccc1Cl)C(=O)O. The molecule has 0 bridgehead atoms. The van der Waals surface area contributed by atoms with Crippen molar-refractivity contribution in [2.45, 2.75) is 6.42 Å². The summed E-state index contributed by atoms with van der Waals surface area (Å²) in [4.78, 5) is 10.8. The normalized spacial score (nSPS) is 12.5. The van der Waals surface area contributed by atoms with Crippen LogP contribution in [0.5, 0.6) is 0 Å². The van der Waals surface area contributed by atoms with Crippen molar-refractivity contribution in [2.75, 3.05) is 6.54 Å². The maximum Gasteiger partial charge on any atom is 0.308 e. The molecule has 1 atom stereocenters. The quantitative estimate of drug-likeness (QED) is 0.858. The molecule has 3 nitrogen and oxygen atoms in total. The highest BCUT2D eigenvalue weighted by Crippen LogP contribution is 2.23. The van der Waals surface area contributed by atoms with Crippen LogP contribution in [0.2, 0.25) is 10.0 Å². The summed E-state index contributed by atoms with van der Waals surface area (Å²) in [5.41, 5.74) is 6.06. The molecule has 0 aromatic heterocycles. The Morgan fingerprint density at radius 3 is 2.67 bits per heavy atom. The first-order chi connectivity index (χ1) is 7.04. The predicted molar refractivity (Wildman–Crippen MR) is 60.3 cm³/mol. The minimum atomic E-state index is -0.923. The second kappa shape index (κ2) is 5.35. The van der Waals surface area contributed by atoms with E-state index in [0.717, 1.165) is 0 Å². The maximum absolute atomic E-state index is 10.8. The van der Waals surface area contributed by atoms with Crippen molar-refractivity contribution in [3.8, 4) is 0 Å². The number of aliphatic carboxylic acids is 1. The van der Waals surface area contributed by atoms with Crippen LogP contribution in [0.15, 0.2) is 18.2 Å². The van der Waals surface area contributed by atoms with Gasteiger partial charge in [0.2, 0.25) is 0 Å². The van der Waals surface area contributed by atoms with Gasteiger partial charge in [-0.05, 0) is 30.2 Å². The molecule has 0 saturated carbocycles. The maximum atomic E-state index is 10.8. The fraction of sp³-hybridized carbons (Fsp3) is 0.300. The number of benzene rings is 1. The van der Waals surface area contributed by atoms with Gasteiger partial charge in [0.15, 0.2) is 0 Å². The average Bonchev–Trinajstić information content (AvgIpc) is 2.18. The lowest BCUT2D eigenvalue weighted by Crippen LogP contribution is -2.25. The number of carbonyl (C=O) groups is 1. The molecule has 0 unspecified atom stereocenters. The minimum Gasteiger partial charge on any atom is -0.481 e. The van der Waals surface area contributed by atoms with Crippen molar-refractivity contribution in [2.24, 2.45) is 11.7 Å². The highest BCUT2D eigenvalue weighted by Gasteiger charge is 2.17. The van der Waals surface area contributed by atoms with Gasteiger partial charge < -0.3 is 10.8 Å². The van der Waals surface area contributed by atoms with Crippen LogP contribution in [-0.2, 0) is 11.2 Å². The number of carboxylic acid groups (broad SMARTS) is 1. The highest BCUT2D eigenvalue weighted by atomic mass is 35.5. The Bertz CT molecular complexity index is 368. The Balaban J connectivity index is 2.87. The summed E-state index contributed by atoms with van der Waals surface area (Å²) in [7, 11) is 0. The zero-order chi connectivity index (χ0) is 11.4. The Hall–Kier alpha value is -0.770. The van der Waals surface area contributed by atoms with Gasteiger partial charge in [-0.15, -0.1) is 0 Å². The lowest BCUT2D eigenvalue weighted by Gasteiger charge is -2.11. The zero-order valence-electron chi connectivity index (χ0n) is 7.91. The monoisotopic (exact) mass is 247 g/mol. The van der Waals surface area contributed by atoms with Crippen LogP contribution in [0.3, 0.4) is 0 Å². The highest BCUT2D eigenvalue weighted by molar-refractivity contribution is 6.33. The van der Waals surface area contributed by atoms with Gasteiger partial charge in [-0.25, -0.2) is 0 Å². The van der Waals surface area contributed by atoms with E-state index >= 15 is 0 Å². The number of halogens is 2. The van der Waals surface area contributed by atoms with Crippen molar-refractivity contribution in [1.82, 2.24) is 0 Å². The van der Waals surface area contributed by atoms with Crippen LogP contribution in [0.1, 0.15) is 5.56 Å². The van der Waals surface area contributed by atoms with Gasteiger partial charge in [0.25, 0.3) is 0 Å². The molecule has 1 rings (SSSR count). The summed E-state index contributed by atoms with van der Waals surface area (Å²) < 4.78 is 0.